The number of hydrogen-bond acceptors (Lipinski definition) is 1. The highest BCUT2D eigenvalue weighted by Crippen LogP contribution is 2.37. The maximum atomic E-state index is 10.3. The van der Waals surface area contributed by atoms with Crippen LogP contribution in [0.1, 0.15) is 112 Å². The van der Waals surface area contributed by atoms with E-state index in [9.17, 15) is 5.11 Å². The summed E-state index contributed by atoms with van der Waals surface area (Å²) in [5, 5.41) is 10.3. The number of allylic oxidation sites excluding steroid dienone is 3. The maximum Gasteiger partial charge on any atom is 0.0752 e. The summed E-state index contributed by atoms with van der Waals surface area (Å²) in [7, 11) is 3.03. The third kappa shape index (κ3) is 10.6. The molecule has 0 spiro atoms. The molecule has 0 fully saturated rings. The van der Waals surface area contributed by atoms with Crippen molar-refractivity contribution in [3.05, 3.63) is 23.3 Å². The van der Waals surface area contributed by atoms with Gasteiger partial charge in [0, 0.05) is 0 Å². The minimum Gasteiger partial charge on any atom is -0.389 e. The molecular weight excluding hydrogens is 371 g/mol. The van der Waals surface area contributed by atoms with Gasteiger partial charge in [0.1, 0.15) is 0 Å². The van der Waals surface area contributed by atoms with Gasteiger partial charge in [-0.3, -0.25) is 0 Å². The average molecular weight is 423 g/mol. The van der Waals surface area contributed by atoms with Crippen molar-refractivity contribution in [2.24, 2.45) is 23.7 Å². The topological polar surface area (TPSA) is 20.2 Å². The molecule has 170 valence electrons. The van der Waals surface area contributed by atoms with Gasteiger partial charge in [-0.05, 0) is 68.4 Å². The molecule has 2 heteroatoms. The fourth-order valence-electron chi connectivity index (χ4n) is 4.61. The smallest absolute Gasteiger partial charge is 0.0752 e. The van der Waals surface area contributed by atoms with Crippen LogP contribution in [-0.2, 0) is 0 Å². The Labute approximate surface area is 185 Å². The summed E-state index contributed by atoms with van der Waals surface area (Å²) in [6, 6.07) is 0. The SMILES string of the molecule is CCCC/C=C(\C)CCCC(C)CCCC(C)CCC1=CC(O)C(C)C(C)C1P. The van der Waals surface area contributed by atoms with Crippen molar-refractivity contribution in [1.82, 2.24) is 0 Å². The van der Waals surface area contributed by atoms with Crippen LogP contribution in [0.5, 0.6) is 0 Å². The molecule has 7 unspecified atom stereocenters. The van der Waals surface area contributed by atoms with Crippen LogP contribution in [0, 0.1) is 23.7 Å². The molecule has 0 aromatic heterocycles. The van der Waals surface area contributed by atoms with Gasteiger partial charge in [0.2, 0.25) is 0 Å². The normalized spacial score (nSPS) is 27.6. The van der Waals surface area contributed by atoms with Gasteiger partial charge in [-0.25, -0.2) is 0 Å². The number of unbranched alkanes of at least 4 members (excludes halogenated alkanes) is 2. The molecule has 1 aliphatic rings. The first-order valence-corrected chi connectivity index (χ1v) is 13.2. The highest BCUT2D eigenvalue weighted by atomic mass is 31.0. The van der Waals surface area contributed by atoms with Gasteiger partial charge >= 0.3 is 0 Å². The van der Waals surface area contributed by atoms with Crippen LogP contribution in [0.25, 0.3) is 0 Å². The minimum atomic E-state index is -0.252. The summed E-state index contributed by atoms with van der Waals surface area (Å²) in [6.45, 7) is 13.9. The summed E-state index contributed by atoms with van der Waals surface area (Å²) in [6.07, 6.45) is 18.8. The number of rotatable bonds is 14. The Hall–Kier alpha value is -0.130. The molecule has 0 aromatic rings. The van der Waals surface area contributed by atoms with E-state index in [1.54, 1.807) is 5.57 Å². The number of aliphatic hydroxyl groups excluding tert-OH is 1. The van der Waals surface area contributed by atoms with Gasteiger partial charge in [-0.2, -0.15) is 0 Å². The Bertz CT molecular complexity index is 495. The van der Waals surface area contributed by atoms with E-state index in [-0.39, 0.29) is 6.10 Å². The number of aliphatic hydroxyl groups is 1. The Morgan fingerprint density at radius 2 is 1.66 bits per heavy atom. The summed E-state index contributed by atoms with van der Waals surface area (Å²) < 4.78 is 0. The van der Waals surface area contributed by atoms with Crippen LogP contribution < -0.4 is 0 Å². The zero-order valence-corrected chi connectivity index (χ0v) is 21.6. The minimum absolute atomic E-state index is 0.252. The third-order valence-corrected chi connectivity index (χ3v) is 8.42. The molecule has 29 heavy (non-hydrogen) atoms. The fourth-order valence-corrected chi connectivity index (χ4v) is 5.24. The van der Waals surface area contributed by atoms with Crippen molar-refractivity contribution in [3.63, 3.8) is 0 Å². The Balaban J connectivity index is 2.18. The first-order valence-electron chi connectivity index (χ1n) is 12.6. The van der Waals surface area contributed by atoms with E-state index < -0.39 is 0 Å². The monoisotopic (exact) mass is 422 g/mol. The fraction of sp³-hybridized carbons (Fsp3) is 0.852. The zero-order valence-electron chi connectivity index (χ0n) is 20.4. The molecule has 1 aliphatic carbocycles. The molecule has 0 saturated heterocycles. The molecule has 1 nitrogen and oxygen atoms in total. The average Bonchev–Trinajstić information content (AvgIpc) is 2.68. The van der Waals surface area contributed by atoms with E-state index >= 15 is 0 Å². The van der Waals surface area contributed by atoms with E-state index in [0.29, 0.717) is 17.5 Å². The van der Waals surface area contributed by atoms with Crippen molar-refractivity contribution in [2.75, 3.05) is 0 Å². The van der Waals surface area contributed by atoms with Crippen molar-refractivity contribution in [3.8, 4) is 0 Å². The van der Waals surface area contributed by atoms with Crippen molar-refractivity contribution < 1.29 is 5.11 Å². The van der Waals surface area contributed by atoms with E-state index in [1.807, 2.05) is 0 Å². The lowest BCUT2D eigenvalue weighted by atomic mass is 9.78. The predicted octanol–water partition coefficient (Wildman–Crippen LogP) is 8.33. The van der Waals surface area contributed by atoms with E-state index in [2.05, 4.69) is 62.9 Å². The summed E-state index contributed by atoms with van der Waals surface area (Å²) in [5.74, 6) is 2.57. The molecule has 0 bridgehead atoms. The van der Waals surface area contributed by atoms with E-state index in [4.69, 9.17) is 0 Å². The molecule has 0 heterocycles. The predicted molar refractivity (Wildman–Crippen MR) is 134 cm³/mol. The molecule has 0 amide bonds. The lowest BCUT2D eigenvalue weighted by Crippen LogP contribution is -2.34. The van der Waals surface area contributed by atoms with Crippen LogP contribution in [0.4, 0.5) is 0 Å². The van der Waals surface area contributed by atoms with Crippen LogP contribution in [-0.4, -0.2) is 16.9 Å². The van der Waals surface area contributed by atoms with Crippen molar-refractivity contribution in [1.29, 1.82) is 0 Å². The highest BCUT2D eigenvalue weighted by molar-refractivity contribution is 7.18. The third-order valence-electron chi connectivity index (χ3n) is 7.39. The molecule has 0 aliphatic heterocycles. The van der Waals surface area contributed by atoms with E-state index in [1.165, 1.54) is 69.8 Å². The molecule has 0 aromatic carbocycles. The molecule has 1 N–H and O–H groups in total. The van der Waals surface area contributed by atoms with Crippen molar-refractivity contribution in [2.45, 2.75) is 124 Å². The summed E-state index contributed by atoms with van der Waals surface area (Å²) in [4.78, 5) is 0. The lowest BCUT2D eigenvalue weighted by molar-refractivity contribution is 0.118. The van der Waals surface area contributed by atoms with Gasteiger partial charge in [0.25, 0.3) is 0 Å². The van der Waals surface area contributed by atoms with Crippen LogP contribution in [0.2, 0.25) is 0 Å². The van der Waals surface area contributed by atoms with E-state index in [0.717, 1.165) is 18.3 Å². The second-order valence-corrected chi connectivity index (χ2v) is 11.0. The molecule has 0 saturated carbocycles. The Morgan fingerprint density at radius 3 is 2.31 bits per heavy atom. The van der Waals surface area contributed by atoms with Crippen LogP contribution in [0.3, 0.4) is 0 Å². The lowest BCUT2D eigenvalue weighted by Gasteiger charge is -2.36. The molecular formula is C27H51OP. The molecule has 0 radical (unpaired) electrons. The maximum absolute atomic E-state index is 10.3. The Morgan fingerprint density at radius 1 is 1.03 bits per heavy atom. The largest absolute Gasteiger partial charge is 0.389 e. The van der Waals surface area contributed by atoms with Gasteiger partial charge in [-0.1, -0.05) is 96.4 Å². The zero-order chi connectivity index (χ0) is 21.8. The standard InChI is InChI=1S/C27H51OP/c1-7-8-9-12-20(2)13-10-14-21(3)15-11-16-22(4)17-18-25-19-26(28)23(5)24(6)27(25)29/h12,19,21-24,26-28H,7-11,13-18,29H2,1-6H3/b20-12+. The first-order chi connectivity index (χ1) is 13.8. The van der Waals surface area contributed by atoms with Gasteiger partial charge in [0.05, 0.1) is 6.10 Å². The second kappa shape index (κ2) is 14.8. The van der Waals surface area contributed by atoms with Gasteiger partial charge < -0.3 is 5.11 Å². The van der Waals surface area contributed by atoms with Crippen LogP contribution >= 0.6 is 9.24 Å². The molecule has 1 rings (SSSR count). The van der Waals surface area contributed by atoms with Gasteiger partial charge in [-0.15, -0.1) is 9.24 Å². The summed E-state index contributed by atoms with van der Waals surface area (Å²) >= 11 is 0. The highest BCUT2D eigenvalue weighted by Gasteiger charge is 2.31. The quantitative estimate of drug-likeness (QED) is 0.169. The van der Waals surface area contributed by atoms with Gasteiger partial charge in [0.15, 0.2) is 0 Å². The summed E-state index contributed by atoms with van der Waals surface area (Å²) in [5.41, 5.74) is 3.60. The van der Waals surface area contributed by atoms with Crippen LogP contribution in [0.15, 0.2) is 23.3 Å². The van der Waals surface area contributed by atoms with Crippen molar-refractivity contribution >= 4 is 9.24 Å². The number of hydrogen-bond donors (Lipinski definition) is 1. The first kappa shape index (κ1) is 26.9. The Kier molecular flexibility index (Phi) is 13.7. The second-order valence-electron chi connectivity index (χ2n) is 10.2. The molecule has 7 atom stereocenters.